The molecule has 1 aromatic carbocycles. The van der Waals surface area contributed by atoms with Crippen molar-refractivity contribution < 1.29 is 19.2 Å². The summed E-state index contributed by atoms with van der Waals surface area (Å²) in [6.07, 6.45) is -1.07. The van der Waals surface area contributed by atoms with Gasteiger partial charge in [0.1, 0.15) is 6.61 Å². The Morgan fingerprint density at radius 2 is 2.17 bits per heavy atom. The Morgan fingerprint density at radius 1 is 1.50 bits per heavy atom. The Bertz CT molecular complexity index is 498. The summed E-state index contributed by atoms with van der Waals surface area (Å²) in [6, 6.07) is 3.64. The van der Waals surface area contributed by atoms with Crippen LogP contribution < -0.4 is 15.2 Å². The Labute approximate surface area is 103 Å². The van der Waals surface area contributed by atoms with Crippen molar-refractivity contribution in [2.45, 2.75) is 6.92 Å². The standard InChI is InChI=1S/C11H12N2O5/c1-7(2)6-17-9-4-3-8(13(15)16)5-10(9)18-11(12)14/h3-5H,1,6H2,2H3,(H2,12,14). The van der Waals surface area contributed by atoms with E-state index in [1.807, 2.05) is 0 Å². The van der Waals surface area contributed by atoms with Gasteiger partial charge in [-0.25, -0.2) is 4.79 Å². The van der Waals surface area contributed by atoms with Crippen LogP contribution in [0.4, 0.5) is 10.5 Å². The summed E-state index contributed by atoms with van der Waals surface area (Å²) in [5, 5.41) is 10.6. The van der Waals surface area contributed by atoms with Gasteiger partial charge >= 0.3 is 6.09 Å². The zero-order valence-electron chi connectivity index (χ0n) is 9.71. The van der Waals surface area contributed by atoms with E-state index in [1.165, 1.54) is 12.1 Å². The largest absolute Gasteiger partial charge is 0.485 e. The van der Waals surface area contributed by atoms with E-state index in [9.17, 15) is 14.9 Å². The van der Waals surface area contributed by atoms with Crippen molar-refractivity contribution in [2.24, 2.45) is 5.73 Å². The van der Waals surface area contributed by atoms with E-state index in [2.05, 4.69) is 11.3 Å². The molecular weight excluding hydrogens is 240 g/mol. The molecule has 0 saturated heterocycles. The van der Waals surface area contributed by atoms with Gasteiger partial charge in [0.25, 0.3) is 5.69 Å². The highest BCUT2D eigenvalue weighted by Crippen LogP contribution is 2.31. The highest BCUT2D eigenvalue weighted by molar-refractivity contribution is 5.69. The first-order valence-corrected chi connectivity index (χ1v) is 4.93. The average molecular weight is 252 g/mol. The molecule has 96 valence electrons. The molecule has 0 unspecified atom stereocenters. The predicted molar refractivity (Wildman–Crippen MR) is 63.6 cm³/mol. The van der Waals surface area contributed by atoms with Gasteiger partial charge in [-0.05, 0) is 18.6 Å². The van der Waals surface area contributed by atoms with Crippen molar-refractivity contribution in [3.8, 4) is 11.5 Å². The third kappa shape index (κ3) is 3.78. The number of nitro groups is 1. The number of amides is 1. The van der Waals surface area contributed by atoms with Crippen LogP contribution >= 0.6 is 0 Å². The Kier molecular flexibility index (Phi) is 4.25. The summed E-state index contributed by atoms with van der Waals surface area (Å²) in [6.45, 7) is 5.59. The number of rotatable bonds is 5. The van der Waals surface area contributed by atoms with Crippen LogP contribution in [-0.4, -0.2) is 17.6 Å². The number of carbonyl (C=O) groups excluding carboxylic acids is 1. The van der Waals surface area contributed by atoms with Crippen LogP contribution in [-0.2, 0) is 0 Å². The summed E-state index contributed by atoms with van der Waals surface area (Å²) in [4.78, 5) is 20.7. The Morgan fingerprint density at radius 3 is 2.67 bits per heavy atom. The summed E-state index contributed by atoms with van der Waals surface area (Å²) in [7, 11) is 0. The molecule has 0 aliphatic carbocycles. The first-order chi connectivity index (χ1) is 8.40. The van der Waals surface area contributed by atoms with E-state index < -0.39 is 11.0 Å². The third-order valence-electron chi connectivity index (χ3n) is 1.82. The predicted octanol–water partition coefficient (Wildman–Crippen LogP) is 2.01. The van der Waals surface area contributed by atoms with Gasteiger partial charge in [0.15, 0.2) is 11.5 Å². The maximum Gasteiger partial charge on any atom is 0.410 e. The van der Waals surface area contributed by atoms with Gasteiger partial charge in [-0.2, -0.15) is 0 Å². The molecule has 0 aromatic heterocycles. The molecule has 7 nitrogen and oxygen atoms in total. The van der Waals surface area contributed by atoms with Gasteiger partial charge in [-0.15, -0.1) is 0 Å². The zero-order chi connectivity index (χ0) is 13.7. The lowest BCUT2D eigenvalue weighted by atomic mass is 10.3. The van der Waals surface area contributed by atoms with Crippen LogP contribution in [0, 0.1) is 10.1 Å². The van der Waals surface area contributed by atoms with E-state index in [0.717, 1.165) is 11.6 Å². The minimum Gasteiger partial charge on any atom is -0.485 e. The Balaban J connectivity index is 3.03. The van der Waals surface area contributed by atoms with Gasteiger partial charge in [0, 0.05) is 6.07 Å². The number of hydrogen-bond acceptors (Lipinski definition) is 5. The second-order valence-corrected chi connectivity index (χ2v) is 3.56. The molecule has 0 spiro atoms. The van der Waals surface area contributed by atoms with E-state index in [1.54, 1.807) is 6.92 Å². The van der Waals surface area contributed by atoms with Crippen molar-refractivity contribution in [3.63, 3.8) is 0 Å². The minimum atomic E-state index is -1.07. The highest BCUT2D eigenvalue weighted by Gasteiger charge is 2.14. The van der Waals surface area contributed by atoms with Crippen molar-refractivity contribution in [1.82, 2.24) is 0 Å². The molecule has 0 atom stereocenters. The van der Waals surface area contributed by atoms with Crippen LogP contribution in [0.3, 0.4) is 0 Å². The monoisotopic (exact) mass is 252 g/mol. The molecule has 0 saturated carbocycles. The number of carbonyl (C=O) groups is 1. The third-order valence-corrected chi connectivity index (χ3v) is 1.82. The fourth-order valence-corrected chi connectivity index (χ4v) is 1.12. The number of ether oxygens (including phenoxy) is 2. The molecule has 1 aromatic rings. The molecule has 0 bridgehead atoms. The average Bonchev–Trinajstić information content (AvgIpc) is 2.26. The molecule has 0 aliphatic heterocycles. The van der Waals surface area contributed by atoms with Crippen LogP contribution in [0.2, 0.25) is 0 Å². The maximum atomic E-state index is 10.7. The van der Waals surface area contributed by atoms with Crippen molar-refractivity contribution in [3.05, 3.63) is 40.5 Å². The summed E-state index contributed by atoms with van der Waals surface area (Å²) in [5.74, 6) is 0.0837. The molecule has 2 N–H and O–H groups in total. The van der Waals surface area contributed by atoms with Gasteiger partial charge in [-0.1, -0.05) is 6.58 Å². The molecule has 0 fully saturated rings. The van der Waals surface area contributed by atoms with Crippen LogP contribution in [0.25, 0.3) is 0 Å². The van der Waals surface area contributed by atoms with Crippen LogP contribution in [0.5, 0.6) is 11.5 Å². The minimum absolute atomic E-state index is 0.0991. The topological polar surface area (TPSA) is 105 Å². The van der Waals surface area contributed by atoms with Gasteiger partial charge in [0.2, 0.25) is 0 Å². The first-order valence-electron chi connectivity index (χ1n) is 4.93. The van der Waals surface area contributed by atoms with E-state index >= 15 is 0 Å². The number of primary amides is 1. The number of benzene rings is 1. The molecule has 18 heavy (non-hydrogen) atoms. The van der Waals surface area contributed by atoms with E-state index in [4.69, 9.17) is 10.5 Å². The zero-order valence-corrected chi connectivity index (χ0v) is 9.71. The number of non-ortho nitro benzene ring substituents is 1. The molecule has 1 rings (SSSR count). The fraction of sp³-hybridized carbons (Fsp3) is 0.182. The van der Waals surface area contributed by atoms with Gasteiger partial charge in [-0.3, -0.25) is 10.1 Å². The normalized spacial score (nSPS) is 9.61. The number of hydrogen-bond donors (Lipinski definition) is 1. The molecule has 0 aliphatic rings. The second-order valence-electron chi connectivity index (χ2n) is 3.56. The molecule has 0 heterocycles. The van der Waals surface area contributed by atoms with Crippen molar-refractivity contribution in [1.29, 1.82) is 0 Å². The maximum absolute atomic E-state index is 10.7. The smallest absolute Gasteiger partial charge is 0.410 e. The molecule has 7 heteroatoms. The number of nitrogens with two attached hydrogens (primary N) is 1. The highest BCUT2D eigenvalue weighted by atomic mass is 16.6. The SMILES string of the molecule is C=C(C)COc1ccc([N+](=O)[O-])cc1OC(N)=O. The molecular formula is C11H12N2O5. The lowest BCUT2D eigenvalue weighted by molar-refractivity contribution is -0.384. The van der Waals surface area contributed by atoms with Crippen LogP contribution in [0.1, 0.15) is 6.92 Å². The van der Waals surface area contributed by atoms with E-state index in [-0.39, 0.29) is 23.8 Å². The van der Waals surface area contributed by atoms with Gasteiger partial charge < -0.3 is 15.2 Å². The van der Waals surface area contributed by atoms with Gasteiger partial charge in [0.05, 0.1) is 11.0 Å². The van der Waals surface area contributed by atoms with E-state index in [0.29, 0.717) is 0 Å². The van der Waals surface area contributed by atoms with Crippen molar-refractivity contribution in [2.75, 3.05) is 6.61 Å². The lowest BCUT2D eigenvalue weighted by Gasteiger charge is -2.10. The molecule has 1 amide bonds. The Hall–Kier alpha value is -2.57. The fourth-order valence-electron chi connectivity index (χ4n) is 1.12. The quantitative estimate of drug-likeness (QED) is 0.490. The summed E-state index contributed by atoms with van der Waals surface area (Å²) in [5.41, 5.74) is 5.39. The first kappa shape index (κ1) is 13.5. The number of nitro benzene ring substituents is 1. The number of nitrogens with zero attached hydrogens (tertiary/aromatic N) is 1. The van der Waals surface area contributed by atoms with Crippen molar-refractivity contribution >= 4 is 11.8 Å². The lowest BCUT2D eigenvalue weighted by Crippen LogP contribution is -2.17. The summed E-state index contributed by atoms with van der Waals surface area (Å²) < 4.78 is 9.93. The molecule has 0 radical (unpaired) electrons. The second kappa shape index (κ2) is 5.67. The summed E-state index contributed by atoms with van der Waals surface area (Å²) >= 11 is 0. The van der Waals surface area contributed by atoms with Crippen LogP contribution in [0.15, 0.2) is 30.4 Å².